The zero-order valence-corrected chi connectivity index (χ0v) is 13.4. The van der Waals surface area contributed by atoms with Crippen LogP contribution in [0.25, 0.3) is 0 Å². The SMILES string of the molecule is CN(CCOc1cccc(Cl)c1)S(=O)(=O)c1ccccc1F. The molecule has 2 rings (SSSR count). The predicted octanol–water partition coefficient (Wildman–Crippen LogP) is 3.18. The van der Waals surface area contributed by atoms with Crippen LogP contribution in [0.5, 0.6) is 5.75 Å². The van der Waals surface area contributed by atoms with Gasteiger partial charge in [-0.1, -0.05) is 29.8 Å². The first-order valence-electron chi connectivity index (χ1n) is 6.50. The van der Waals surface area contributed by atoms with Crippen LogP contribution in [0.4, 0.5) is 4.39 Å². The summed E-state index contributed by atoms with van der Waals surface area (Å²) in [5.41, 5.74) is 0. The third-order valence-corrected chi connectivity index (χ3v) is 5.12. The van der Waals surface area contributed by atoms with E-state index < -0.39 is 15.8 Å². The van der Waals surface area contributed by atoms with E-state index in [4.69, 9.17) is 16.3 Å². The first-order chi connectivity index (χ1) is 10.4. The minimum atomic E-state index is -3.88. The molecular weight excluding hydrogens is 329 g/mol. The molecule has 118 valence electrons. The van der Waals surface area contributed by atoms with Crippen molar-refractivity contribution in [1.29, 1.82) is 0 Å². The minimum absolute atomic E-state index is 0.0865. The van der Waals surface area contributed by atoms with E-state index in [1.807, 2.05) is 0 Å². The maximum absolute atomic E-state index is 13.6. The molecule has 0 spiro atoms. The lowest BCUT2D eigenvalue weighted by atomic mass is 10.3. The maximum Gasteiger partial charge on any atom is 0.245 e. The Bertz CT molecular complexity index is 752. The van der Waals surface area contributed by atoms with Crippen LogP contribution < -0.4 is 4.74 Å². The highest BCUT2D eigenvalue weighted by atomic mass is 35.5. The van der Waals surface area contributed by atoms with Gasteiger partial charge in [-0.2, -0.15) is 4.31 Å². The van der Waals surface area contributed by atoms with Crippen LogP contribution in [0, 0.1) is 5.82 Å². The van der Waals surface area contributed by atoms with Crippen molar-refractivity contribution in [1.82, 2.24) is 4.31 Å². The van der Waals surface area contributed by atoms with Gasteiger partial charge in [0.1, 0.15) is 23.1 Å². The lowest BCUT2D eigenvalue weighted by Gasteiger charge is -2.17. The fraction of sp³-hybridized carbons (Fsp3) is 0.200. The Kier molecular flexibility index (Phi) is 5.39. The zero-order chi connectivity index (χ0) is 16.2. The van der Waals surface area contributed by atoms with Crippen LogP contribution >= 0.6 is 11.6 Å². The Balaban J connectivity index is 2.00. The highest BCUT2D eigenvalue weighted by molar-refractivity contribution is 7.89. The molecule has 4 nitrogen and oxygen atoms in total. The second kappa shape index (κ2) is 7.09. The van der Waals surface area contributed by atoms with Gasteiger partial charge in [0.2, 0.25) is 10.0 Å². The van der Waals surface area contributed by atoms with Crippen molar-refractivity contribution in [2.75, 3.05) is 20.2 Å². The molecule has 7 heteroatoms. The second-order valence-electron chi connectivity index (χ2n) is 4.56. The molecular formula is C15H15ClFNO3S. The van der Waals surface area contributed by atoms with E-state index in [0.29, 0.717) is 10.8 Å². The average molecular weight is 344 g/mol. The lowest BCUT2D eigenvalue weighted by molar-refractivity contribution is 0.286. The van der Waals surface area contributed by atoms with Crippen molar-refractivity contribution in [2.24, 2.45) is 0 Å². The van der Waals surface area contributed by atoms with Crippen LogP contribution in [0.15, 0.2) is 53.4 Å². The zero-order valence-electron chi connectivity index (χ0n) is 11.9. The summed E-state index contributed by atoms with van der Waals surface area (Å²) >= 11 is 5.83. The Morgan fingerprint density at radius 3 is 2.59 bits per heavy atom. The fourth-order valence-corrected chi connectivity index (χ4v) is 3.19. The number of ether oxygens (including phenoxy) is 1. The van der Waals surface area contributed by atoms with Gasteiger partial charge in [0.15, 0.2) is 0 Å². The summed E-state index contributed by atoms with van der Waals surface area (Å²) in [6, 6.07) is 12.1. The van der Waals surface area contributed by atoms with Gasteiger partial charge >= 0.3 is 0 Å². The Morgan fingerprint density at radius 2 is 1.91 bits per heavy atom. The Morgan fingerprint density at radius 1 is 1.18 bits per heavy atom. The Hall–Kier alpha value is -1.63. The number of nitrogens with zero attached hydrogens (tertiary/aromatic N) is 1. The maximum atomic E-state index is 13.6. The molecule has 0 aliphatic carbocycles. The molecule has 2 aromatic rings. The molecule has 22 heavy (non-hydrogen) atoms. The molecule has 0 bridgehead atoms. The number of sulfonamides is 1. The summed E-state index contributed by atoms with van der Waals surface area (Å²) in [7, 11) is -2.50. The molecule has 2 aromatic carbocycles. The van der Waals surface area contributed by atoms with Gasteiger partial charge in [-0.25, -0.2) is 12.8 Å². The molecule has 0 saturated carbocycles. The van der Waals surface area contributed by atoms with E-state index in [9.17, 15) is 12.8 Å². The molecule has 0 N–H and O–H groups in total. The van der Waals surface area contributed by atoms with Gasteiger partial charge in [-0.05, 0) is 30.3 Å². The number of halogens is 2. The normalized spacial score (nSPS) is 11.6. The van der Waals surface area contributed by atoms with E-state index in [-0.39, 0.29) is 18.0 Å². The highest BCUT2D eigenvalue weighted by Crippen LogP contribution is 2.19. The number of rotatable bonds is 6. The number of hydrogen-bond donors (Lipinski definition) is 0. The highest BCUT2D eigenvalue weighted by Gasteiger charge is 2.23. The van der Waals surface area contributed by atoms with Crippen LogP contribution in [-0.2, 0) is 10.0 Å². The van der Waals surface area contributed by atoms with E-state index in [2.05, 4.69) is 0 Å². The second-order valence-corrected chi connectivity index (χ2v) is 7.01. The fourth-order valence-electron chi connectivity index (χ4n) is 1.79. The number of likely N-dealkylation sites (N-methyl/N-ethyl adjacent to an activating group) is 1. The summed E-state index contributed by atoms with van der Waals surface area (Å²) in [6.07, 6.45) is 0. The van der Waals surface area contributed by atoms with Crippen molar-refractivity contribution in [3.05, 3.63) is 59.4 Å². The van der Waals surface area contributed by atoms with Gasteiger partial charge < -0.3 is 4.74 Å². The van der Waals surface area contributed by atoms with E-state index in [1.54, 1.807) is 24.3 Å². The van der Waals surface area contributed by atoms with E-state index >= 15 is 0 Å². The number of benzene rings is 2. The van der Waals surface area contributed by atoms with Crippen molar-refractivity contribution in [3.8, 4) is 5.75 Å². The number of hydrogen-bond acceptors (Lipinski definition) is 3. The van der Waals surface area contributed by atoms with Crippen LogP contribution in [-0.4, -0.2) is 32.9 Å². The molecule has 0 amide bonds. The van der Waals surface area contributed by atoms with Crippen molar-refractivity contribution >= 4 is 21.6 Å². The molecule has 0 atom stereocenters. The Labute approximate surface area is 134 Å². The molecule has 0 aliphatic heterocycles. The van der Waals surface area contributed by atoms with Gasteiger partial charge in [0.25, 0.3) is 0 Å². The first kappa shape index (κ1) is 16.7. The van der Waals surface area contributed by atoms with Crippen molar-refractivity contribution in [3.63, 3.8) is 0 Å². The summed E-state index contributed by atoms with van der Waals surface area (Å²) in [5.74, 6) is -0.228. The molecule has 0 unspecified atom stereocenters. The third kappa shape index (κ3) is 3.97. The summed E-state index contributed by atoms with van der Waals surface area (Å²) in [5, 5.41) is 0.532. The smallest absolute Gasteiger partial charge is 0.245 e. The van der Waals surface area contributed by atoms with Gasteiger partial charge in [0, 0.05) is 18.6 Å². The largest absolute Gasteiger partial charge is 0.492 e. The summed E-state index contributed by atoms with van der Waals surface area (Å²) < 4.78 is 44.6. The lowest BCUT2D eigenvalue weighted by Crippen LogP contribution is -2.31. The molecule has 0 saturated heterocycles. The van der Waals surface area contributed by atoms with Gasteiger partial charge in [0.05, 0.1) is 0 Å². The minimum Gasteiger partial charge on any atom is -0.492 e. The van der Waals surface area contributed by atoms with E-state index in [1.165, 1.54) is 25.2 Å². The van der Waals surface area contributed by atoms with Gasteiger partial charge in [-0.3, -0.25) is 0 Å². The topological polar surface area (TPSA) is 46.6 Å². The quantitative estimate of drug-likeness (QED) is 0.809. The molecule has 0 heterocycles. The van der Waals surface area contributed by atoms with E-state index in [0.717, 1.165) is 10.4 Å². The molecule has 0 radical (unpaired) electrons. The van der Waals surface area contributed by atoms with Crippen LogP contribution in [0.1, 0.15) is 0 Å². The first-order valence-corrected chi connectivity index (χ1v) is 8.32. The summed E-state index contributed by atoms with van der Waals surface area (Å²) in [6.45, 7) is 0.216. The average Bonchev–Trinajstić information content (AvgIpc) is 2.47. The monoisotopic (exact) mass is 343 g/mol. The third-order valence-electron chi connectivity index (χ3n) is 3.00. The molecule has 0 fully saturated rings. The van der Waals surface area contributed by atoms with Crippen LogP contribution in [0.2, 0.25) is 5.02 Å². The van der Waals surface area contributed by atoms with Gasteiger partial charge in [-0.15, -0.1) is 0 Å². The van der Waals surface area contributed by atoms with Crippen molar-refractivity contribution in [2.45, 2.75) is 4.90 Å². The van der Waals surface area contributed by atoms with Crippen LogP contribution in [0.3, 0.4) is 0 Å². The summed E-state index contributed by atoms with van der Waals surface area (Å²) in [4.78, 5) is -0.347. The molecule has 0 aromatic heterocycles. The molecule has 0 aliphatic rings. The van der Waals surface area contributed by atoms with Crippen molar-refractivity contribution < 1.29 is 17.5 Å². The standard InChI is InChI=1S/C15H15ClFNO3S/c1-18(9-10-21-13-6-4-5-12(16)11-13)22(19,20)15-8-3-2-7-14(15)17/h2-8,11H,9-10H2,1H3. The predicted molar refractivity (Wildman–Crippen MR) is 83.2 cm³/mol.